The lowest BCUT2D eigenvalue weighted by molar-refractivity contribution is 0.0677. The van der Waals surface area contributed by atoms with E-state index in [0.29, 0.717) is 11.5 Å². The molecule has 0 saturated carbocycles. The fraction of sp³-hybridized carbons (Fsp3) is 0.412. The highest BCUT2D eigenvalue weighted by atomic mass is 16.3. The number of amides is 1. The molecule has 4 heteroatoms. The van der Waals surface area contributed by atoms with E-state index in [9.17, 15) is 4.79 Å². The standard InChI is InChI=1S/C17H20N2O2/c1-3-8-19(17(20)16-12(2)21-11-18-16)15-9-13-6-4-5-7-14(13)10-15/h4-7,11,15H,3,8-10H2,1-2H3. The van der Waals surface area contributed by atoms with Gasteiger partial charge in [-0.3, -0.25) is 4.79 Å². The molecule has 110 valence electrons. The van der Waals surface area contributed by atoms with Gasteiger partial charge in [0.25, 0.3) is 5.91 Å². The van der Waals surface area contributed by atoms with Gasteiger partial charge in [-0.15, -0.1) is 0 Å². The van der Waals surface area contributed by atoms with E-state index in [-0.39, 0.29) is 11.9 Å². The first-order valence-electron chi connectivity index (χ1n) is 7.48. The summed E-state index contributed by atoms with van der Waals surface area (Å²) < 4.78 is 5.18. The van der Waals surface area contributed by atoms with Crippen molar-refractivity contribution in [1.29, 1.82) is 0 Å². The van der Waals surface area contributed by atoms with E-state index in [4.69, 9.17) is 4.42 Å². The first-order chi connectivity index (χ1) is 10.2. The molecule has 1 aliphatic carbocycles. The summed E-state index contributed by atoms with van der Waals surface area (Å²) in [6.07, 6.45) is 4.14. The molecule has 2 aromatic rings. The van der Waals surface area contributed by atoms with E-state index in [1.807, 2.05) is 4.90 Å². The molecule has 1 heterocycles. The van der Waals surface area contributed by atoms with Gasteiger partial charge in [0.1, 0.15) is 5.76 Å². The summed E-state index contributed by atoms with van der Waals surface area (Å²) in [7, 11) is 0. The Morgan fingerprint density at radius 1 is 1.33 bits per heavy atom. The highest BCUT2D eigenvalue weighted by Gasteiger charge is 2.31. The maximum Gasteiger partial charge on any atom is 0.276 e. The summed E-state index contributed by atoms with van der Waals surface area (Å²) >= 11 is 0. The van der Waals surface area contributed by atoms with Crippen LogP contribution in [0, 0.1) is 6.92 Å². The van der Waals surface area contributed by atoms with Gasteiger partial charge in [-0.1, -0.05) is 31.2 Å². The molecule has 1 aromatic heterocycles. The van der Waals surface area contributed by atoms with E-state index in [1.54, 1.807) is 6.92 Å². The number of hydrogen-bond acceptors (Lipinski definition) is 3. The van der Waals surface area contributed by atoms with Crippen LogP contribution in [-0.2, 0) is 12.8 Å². The number of hydrogen-bond donors (Lipinski definition) is 0. The number of nitrogens with zero attached hydrogens (tertiary/aromatic N) is 2. The van der Waals surface area contributed by atoms with Crippen LogP contribution in [0.5, 0.6) is 0 Å². The smallest absolute Gasteiger partial charge is 0.276 e. The van der Waals surface area contributed by atoms with Crippen LogP contribution in [-0.4, -0.2) is 28.4 Å². The van der Waals surface area contributed by atoms with Crippen molar-refractivity contribution in [2.75, 3.05) is 6.54 Å². The fourth-order valence-electron chi connectivity index (χ4n) is 3.09. The van der Waals surface area contributed by atoms with Gasteiger partial charge >= 0.3 is 0 Å². The van der Waals surface area contributed by atoms with Crippen molar-refractivity contribution >= 4 is 5.91 Å². The van der Waals surface area contributed by atoms with E-state index in [0.717, 1.165) is 25.8 Å². The third-order valence-electron chi connectivity index (χ3n) is 4.14. The zero-order chi connectivity index (χ0) is 14.8. The SMILES string of the molecule is CCCN(C(=O)c1ncoc1C)C1Cc2ccccc2C1. The number of carbonyl (C=O) groups is 1. The van der Waals surface area contributed by atoms with Crippen LogP contribution in [0.15, 0.2) is 35.1 Å². The second kappa shape index (κ2) is 5.72. The van der Waals surface area contributed by atoms with E-state index in [2.05, 4.69) is 36.2 Å². The Kier molecular flexibility index (Phi) is 3.78. The lowest BCUT2D eigenvalue weighted by Gasteiger charge is -2.28. The van der Waals surface area contributed by atoms with Gasteiger partial charge in [-0.25, -0.2) is 4.98 Å². The number of aromatic nitrogens is 1. The topological polar surface area (TPSA) is 46.3 Å². The van der Waals surface area contributed by atoms with Crippen molar-refractivity contribution < 1.29 is 9.21 Å². The van der Waals surface area contributed by atoms with Crippen LogP contribution in [0.25, 0.3) is 0 Å². The molecule has 0 atom stereocenters. The molecule has 0 saturated heterocycles. The molecule has 0 spiro atoms. The largest absolute Gasteiger partial charge is 0.448 e. The maximum atomic E-state index is 12.8. The maximum absolute atomic E-state index is 12.8. The molecular weight excluding hydrogens is 264 g/mol. The monoisotopic (exact) mass is 284 g/mol. The minimum absolute atomic E-state index is 0.0130. The Labute approximate surface area is 124 Å². The molecule has 1 aliphatic rings. The van der Waals surface area contributed by atoms with Gasteiger partial charge in [0.05, 0.1) is 0 Å². The first-order valence-corrected chi connectivity index (χ1v) is 7.48. The number of oxazole rings is 1. The van der Waals surface area contributed by atoms with Crippen LogP contribution >= 0.6 is 0 Å². The van der Waals surface area contributed by atoms with Crippen LogP contribution in [0.4, 0.5) is 0 Å². The number of rotatable bonds is 4. The second-order valence-electron chi connectivity index (χ2n) is 5.59. The minimum atomic E-state index is -0.0130. The highest BCUT2D eigenvalue weighted by molar-refractivity contribution is 5.93. The number of fused-ring (bicyclic) bond motifs is 1. The van der Waals surface area contributed by atoms with Crippen molar-refractivity contribution in [2.45, 2.75) is 39.2 Å². The molecule has 0 radical (unpaired) electrons. The van der Waals surface area contributed by atoms with Gasteiger partial charge in [0.2, 0.25) is 0 Å². The normalized spacial score (nSPS) is 14.2. The van der Waals surface area contributed by atoms with E-state index in [1.165, 1.54) is 17.5 Å². The average Bonchev–Trinajstić information content (AvgIpc) is 3.09. The fourth-order valence-corrected chi connectivity index (χ4v) is 3.09. The number of carbonyl (C=O) groups excluding carboxylic acids is 1. The molecule has 4 nitrogen and oxygen atoms in total. The summed E-state index contributed by atoms with van der Waals surface area (Å²) in [6.45, 7) is 4.63. The van der Waals surface area contributed by atoms with Crippen molar-refractivity contribution in [2.24, 2.45) is 0 Å². The summed E-state index contributed by atoms with van der Waals surface area (Å²) in [5, 5.41) is 0. The van der Waals surface area contributed by atoms with Crippen LogP contribution in [0.3, 0.4) is 0 Å². The van der Waals surface area contributed by atoms with Gasteiger partial charge in [0, 0.05) is 12.6 Å². The molecule has 0 unspecified atom stereocenters. The second-order valence-corrected chi connectivity index (χ2v) is 5.59. The predicted molar refractivity (Wildman–Crippen MR) is 80.2 cm³/mol. The van der Waals surface area contributed by atoms with Crippen molar-refractivity contribution in [3.8, 4) is 0 Å². The zero-order valence-electron chi connectivity index (χ0n) is 12.5. The quantitative estimate of drug-likeness (QED) is 0.867. The van der Waals surface area contributed by atoms with Crippen molar-refractivity contribution in [3.63, 3.8) is 0 Å². The summed E-state index contributed by atoms with van der Waals surface area (Å²) in [6, 6.07) is 8.67. The molecule has 1 aromatic carbocycles. The molecule has 21 heavy (non-hydrogen) atoms. The summed E-state index contributed by atoms with van der Waals surface area (Å²) in [5.41, 5.74) is 3.15. The lowest BCUT2D eigenvalue weighted by atomic mass is 10.1. The van der Waals surface area contributed by atoms with E-state index < -0.39 is 0 Å². The van der Waals surface area contributed by atoms with Gasteiger partial charge < -0.3 is 9.32 Å². The molecule has 0 bridgehead atoms. The molecular formula is C17H20N2O2. The van der Waals surface area contributed by atoms with Crippen molar-refractivity contribution in [3.05, 3.63) is 53.2 Å². The Morgan fingerprint density at radius 2 is 2.00 bits per heavy atom. The minimum Gasteiger partial charge on any atom is -0.448 e. The molecule has 1 amide bonds. The third kappa shape index (κ3) is 2.58. The molecule has 0 N–H and O–H groups in total. The number of aryl methyl sites for hydroxylation is 1. The Bertz CT molecular complexity index is 623. The van der Waals surface area contributed by atoms with Gasteiger partial charge in [-0.05, 0) is 37.3 Å². The Balaban J connectivity index is 1.83. The first kappa shape index (κ1) is 13.9. The van der Waals surface area contributed by atoms with Crippen LogP contribution < -0.4 is 0 Å². The molecule has 3 rings (SSSR count). The van der Waals surface area contributed by atoms with E-state index >= 15 is 0 Å². The van der Waals surface area contributed by atoms with Crippen molar-refractivity contribution in [1.82, 2.24) is 9.88 Å². The average molecular weight is 284 g/mol. The lowest BCUT2D eigenvalue weighted by Crippen LogP contribution is -2.41. The van der Waals surface area contributed by atoms with Gasteiger partial charge in [-0.2, -0.15) is 0 Å². The van der Waals surface area contributed by atoms with Crippen LogP contribution in [0.2, 0.25) is 0 Å². The Morgan fingerprint density at radius 3 is 2.52 bits per heavy atom. The van der Waals surface area contributed by atoms with Gasteiger partial charge in [0.15, 0.2) is 12.1 Å². The third-order valence-corrected chi connectivity index (χ3v) is 4.14. The highest BCUT2D eigenvalue weighted by Crippen LogP contribution is 2.26. The molecule has 0 aliphatic heterocycles. The Hall–Kier alpha value is -2.10. The summed E-state index contributed by atoms with van der Waals surface area (Å²) in [5.74, 6) is 0.581. The summed E-state index contributed by atoms with van der Waals surface area (Å²) in [4.78, 5) is 18.8. The zero-order valence-corrected chi connectivity index (χ0v) is 12.5. The van der Waals surface area contributed by atoms with Crippen LogP contribution in [0.1, 0.15) is 40.7 Å². The number of benzene rings is 1. The predicted octanol–water partition coefficient (Wildman–Crippen LogP) is 3.00. The molecule has 0 fully saturated rings.